The highest BCUT2D eigenvalue weighted by atomic mass is 32.2. The van der Waals surface area contributed by atoms with E-state index in [0.29, 0.717) is 38.3 Å². The van der Waals surface area contributed by atoms with Crippen molar-refractivity contribution in [2.75, 3.05) is 32.6 Å². The third-order valence-electron chi connectivity index (χ3n) is 2.54. The van der Waals surface area contributed by atoms with Gasteiger partial charge in [-0.25, -0.2) is 8.42 Å². The van der Waals surface area contributed by atoms with Crippen LogP contribution in [0.3, 0.4) is 0 Å². The first-order valence-electron chi connectivity index (χ1n) is 6.31. The fourth-order valence-electron chi connectivity index (χ4n) is 1.53. The van der Waals surface area contributed by atoms with Crippen molar-refractivity contribution in [3.8, 4) is 0 Å². The van der Waals surface area contributed by atoms with Gasteiger partial charge in [-0.2, -0.15) is 0 Å². The van der Waals surface area contributed by atoms with Gasteiger partial charge >= 0.3 is 0 Å². The third kappa shape index (κ3) is 5.68. The summed E-state index contributed by atoms with van der Waals surface area (Å²) in [6, 6.07) is 5.97. The number of sulfone groups is 1. The van der Waals surface area contributed by atoms with Crippen LogP contribution < -0.4 is 11.1 Å². The van der Waals surface area contributed by atoms with Gasteiger partial charge in [-0.1, -0.05) is 6.07 Å². The van der Waals surface area contributed by atoms with E-state index in [1.54, 1.807) is 12.1 Å². The first-order chi connectivity index (χ1) is 9.45. The van der Waals surface area contributed by atoms with E-state index in [1.807, 2.05) is 0 Å². The minimum Gasteiger partial charge on any atom is -0.380 e. The monoisotopic (exact) mass is 300 g/mol. The summed E-state index contributed by atoms with van der Waals surface area (Å²) in [6.07, 6.45) is 1.79. The number of carbonyl (C=O) groups is 1. The Morgan fingerprint density at radius 2 is 2.10 bits per heavy atom. The molecule has 0 fully saturated rings. The van der Waals surface area contributed by atoms with E-state index in [4.69, 9.17) is 10.5 Å². The molecular weight excluding hydrogens is 280 g/mol. The van der Waals surface area contributed by atoms with Crippen LogP contribution >= 0.6 is 0 Å². The van der Waals surface area contributed by atoms with Gasteiger partial charge in [0.2, 0.25) is 0 Å². The van der Waals surface area contributed by atoms with Crippen molar-refractivity contribution in [1.29, 1.82) is 0 Å². The van der Waals surface area contributed by atoms with Crippen LogP contribution in [0.15, 0.2) is 29.2 Å². The molecule has 0 bridgehead atoms. The molecule has 1 aromatic rings. The molecule has 1 rings (SSSR count). The van der Waals surface area contributed by atoms with Crippen LogP contribution in [0.25, 0.3) is 0 Å². The SMILES string of the molecule is CS(=O)(=O)c1cccc(C(=O)NCCCOCCN)c1. The summed E-state index contributed by atoms with van der Waals surface area (Å²) >= 11 is 0. The molecule has 1 amide bonds. The van der Waals surface area contributed by atoms with E-state index in [1.165, 1.54) is 12.1 Å². The Morgan fingerprint density at radius 3 is 2.75 bits per heavy atom. The van der Waals surface area contributed by atoms with E-state index in [-0.39, 0.29) is 10.8 Å². The molecule has 0 radical (unpaired) electrons. The second-order valence-corrected chi connectivity index (χ2v) is 6.33. The molecule has 0 spiro atoms. The van der Waals surface area contributed by atoms with Crippen molar-refractivity contribution in [3.63, 3.8) is 0 Å². The van der Waals surface area contributed by atoms with E-state index in [0.717, 1.165) is 6.26 Å². The Morgan fingerprint density at radius 1 is 1.35 bits per heavy atom. The van der Waals surface area contributed by atoms with Crippen molar-refractivity contribution in [1.82, 2.24) is 5.32 Å². The lowest BCUT2D eigenvalue weighted by Crippen LogP contribution is -2.25. The maximum Gasteiger partial charge on any atom is 0.251 e. The Balaban J connectivity index is 2.48. The molecule has 0 unspecified atom stereocenters. The molecule has 0 saturated carbocycles. The molecule has 0 aromatic heterocycles. The largest absolute Gasteiger partial charge is 0.380 e. The van der Waals surface area contributed by atoms with Gasteiger partial charge in [0.05, 0.1) is 11.5 Å². The van der Waals surface area contributed by atoms with Crippen molar-refractivity contribution in [2.24, 2.45) is 5.73 Å². The zero-order chi connectivity index (χ0) is 15.0. The number of ether oxygens (including phenoxy) is 1. The standard InChI is InChI=1S/C13H20N2O4S/c1-20(17,18)12-5-2-4-11(10-12)13(16)15-7-3-8-19-9-6-14/h2,4-5,10H,3,6-9,14H2,1H3,(H,15,16). The second-order valence-electron chi connectivity index (χ2n) is 4.31. The number of carbonyl (C=O) groups excluding carboxylic acids is 1. The fraction of sp³-hybridized carbons (Fsp3) is 0.462. The van der Waals surface area contributed by atoms with Crippen LogP contribution in [-0.4, -0.2) is 46.9 Å². The van der Waals surface area contributed by atoms with Crippen LogP contribution in [0.1, 0.15) is 16.8 Å². The Hall–Kier alpha value is -1.44. The molecule has 112 valence electrons. The number of rotatable bonds is 8. The van der Waals surface area contributed by atoms with E-state index in [9.17, 15) is 13.2 Å². The van der Waals surface area contributed by atoms with Crippen LogP contribution in [0.5, 0.6) is 0 Å². The smallest absolute Gasteiger partial charge is 0.251 e. The zero-order valence-electron chi connectivity index (χ0n) is 11.5. The number of benzene rings is 1. The molecule has 6 nitrogen and oxygen atoms in total. The number of hydrogen-bond donors (Lipinski definition) is 2. The average Bonchev–Trinajstić information content (AvgIpc) is 2.41. The summed E-state index contributed by atoms with van der Waals surface area (Å²) in [5, 5.41) is 2.71. The third-order valence-corrected chi connectivity index (χ3v) is 3.65. The lowest BCUT2D eigenvalue weighted by atomic mass is 10.2. The van der Waals surface area contributed by atoms with Gasteiger partial charge in [0.15, 0.2) is 9.84 Å². The predicted molar refractivity (Wildman–Crippen MR) is 76.4 cm³/mol. The first kappa shape index (κ1) is 16.6. The van der Waals surface area contributed by atoms with E-state index < -0.39 is 9.84 Å². The highest BCUT2D eigenvalue weighted by molar-refractivity contribution is 7.90. The zero-order valence-corrected chi connectivity index (χ0v) is 12.3. The van der Waals surface area contributed by atoms with E-state index in [2.05, 4.69) is 5.32 Å². The maximum absolute atomic E-state index is 11.8. The van der Waals surface area contributed by atoms with Crippen molar-refractivity contribution in [3.05, 3.63) is 29.8 Å². The van der Waals surface area contributed by atoms with Crippen molar-refractivity contribution in [2.45, 2.75) is 11.3 Å². The molecule has 7 heteroatoms. The van der Waals surface area contributed by atoms with Gasteiger partial charge < -0.3 is 15.8 Å². The topological polar surface area (TPSA) is 98.5 Å². The van der Waals surface area contributed by atoms with Crippen LogP contribution in [0.2, 0.25) is 0 Å². The molecule has 3 N–H and O–H groups in total. The van der Waals surface area contributed by atoms with Gasteiger partial charge in [-0.3, -0.25) is 4.79 Å². The summed E-state index contributed by atoms with van der Waals surface area (Å²) in [6.45, 7) is 1.97. The lowest BCUT2D eigenvalue weighted by Gasteiger charge is -2.07. The minimum absolute atomic E-state index is 0.136. The number of hydrogen-bond acceptors (Lipinski definition) is 5. The summed E-state index contributed by atoms with van der Waals surface area (Å²) in [5.41, 5.74) is 5.60. The van der Waals surface area contributed by atoms with Crippen molar-refractivity contribution >= 4 is 15.7 Å². The Labute approximate surface area is 119 Å². The highest BCUT2D eigenvalue weighted by Gasteiger charge is 2.11. The van der Waals surface area contributed by atoms with Gasteiger partial charge in [-0.15, -0.1) is 0 Å². The molecule has 0 saturated heterocycles. The number of amides is 1. The molecule has 1 aromatic carbocycles. The summed E-state index contributed by atoms with van der Waals surface area (Å²) in [7, 11) is -3.31. The maximum atomic E-state index is 11.8. The first-order valence-corrected chi connectivity index (χ1v) is 8.20. The van der Waals surface area contributed by atoms with Gasteiger partial charge in [0.25, 0.3) is 5.91 Å². The van der Waals surface area contributed by atoms with Crippen LogP contribution in [-0.2, 0) is 14.6 Å². The molecule has 0 heterocycles. The summed E-state index contributed by atoms with van der Waals surface area (Å²) < 4.78 is 28.0. The summed E-state index contributed by atoms with van der Waals surface area (Å²) in [4.78, 5) is 12.0. The van der Waals surface area contributed by atoms with Crippen molar-refractivity contribution < 1.29 is 17.9 Å². The molecule has 20 heavy (non-hydrogen) atoms. The fourth-order valence-corrected chi connectivity index (χ4v) is 2.20. The van der Waals surface area contributed by atoms with Crippen LogP contribution in [0.4, 0.5) is 0 Å². The minimum atomic E-state index is -3.31. The molecule has 0 aliphatic carbocycles. The van der Waals surface area contributed by atoms with Gasteiger partial charge in [-0.05, 0) is 24.6 Å². The molecular formula is C13H20N2O4S. The number of nitrogens with two attached hydrogens (primary N) is 1. The number of nitrogens with one attached hydrogen (secondary N) is 1. The Kier molecular flexibility index (Phi) is 6.63. The Bertz CT molecular complexity index is 543. The van der Waals surface area contributed by atoms with Gasteiger partial charge in [0, 0.05) is 31.5 Å². The second kappa shape index (κ2) is 7.98. The molecule has 0 atom stereocenters. The normalized spacial score (nSPS) is 11.3. The molecule has 0 aliphatic rings. The van der Waals surface area contributed by atoms with Gasteiger partial charge in [0.1, 0.15) is 0 Å². The summed E-state index contributed by atoms with van der Waals surface area (Å²) in [5.74, 6) is -0.297. The lowest BCUT2D eigenvalue weighted by molar-refractivity contribution is 0.0943. The quantitative estimate of drug-likeness (QED) is 0.668. The van der Waals surface area contributed by atoms with E-state index >= 15 is 0 Å². The molecule has 0 aliphatic heterocycles. The highest BCUT2D eigenvalue weighted by Crippen LogP contribution is 2.11. The average molecular weight is 300 g/mol. The van der Waals surface area contributed by atoms with Crippen LogP contribution in [0, 0.1) is 0 Å². The predicted octanol–water partition coefficient (Wildman–Crippen LogP) is 0.185.